The molecule has 2 aromatic rings. The number of halogens is 1. The van der Waals surface area contributed by atoms with Gasteiger partial charge in [0.15, 0.2) is 0 Å². The number of carbonyl (C=O) groups is 1. The summed E-state index contributed by atoms with van der Waals surface area (Å²) < 4.78 is 0.605. The SMILES string of the molecule is Cc1ccccc1Sc1ccc(C(=O)O)c(Br)c1. The van der Waals surface area contributed by atoms with Crippen LogP contribution in [0.2, 0.25) is 0 Å². The minimum Gasteiger partial charge on any atom is -0.478 e. The van der Waals surface area contributed by atoms with E-state index in [4.69, 9.17) is 5.11 Å². The third-order valence-electron chi connectivity index (χ3n) is 2.49. The number of hydrogen-bond acceptors (Lipinski definition) is 2. The number of carboxylic acids is 1. The van der Waals surface area contributed by atoms with E-state index in [1.165, 1.54) is 10.5 Å². The van der Waals surface area contributed by atoms with E-state index in [1.54, 1.807) is 17.8 Å². The highest BCUT2D eigenvalue weighted by Gasteiger charge is 2.09. The van der Waals surface area contributed by atoms with Crippen LogP contribution in [0.5, 0.6) is 0 Å². The Morgan fingerprint density at radius 2 is 1.94 bits per heavy atom. The van der Waals surface area contributed by atoms with Gasteiger partial charge in [0.1, 0.15) is 0 Å². The van der Waals surface area contributed by atoms with Crippen LogP contribution in [0.25, 0.3) is 0 Å². The molecule has 0 unspecified atom stereocenters. The van der Waals surface area contributed by atoms with Gasteiger partial charge in [-0.25, -0.2) is 4.79 Å². The second-order valence-corrected chi connectivity index (χ2v) is 5.78. The molecule has 4 heteroatoms. The molecule has 0 heterocycles. The van der Waals surface area contributed by atoms with Gasteiger partial charge in [-0.2, -0.15) is 0 Å². The lowest BCUT2D eigenvalue weighted by Gasteiger charge is -2.06. The van der Waals surface area contributed by atoms with Crippen LogP contribution in [0.3, 0.4) is 0 Å². The summed E-state index contributed by atoms with van der Waals surface area (Å²) in [5.74, 6) is -0.922. The average molecular weight is 323 g/mol. The number of rotatable bonds is 3. The van der Waals surface area contributed by atoms with Gasteiger partial charge in [-0.3, -0.25) is 0 Å². The summed E-state index contributed by atoms with van der Waals surface area (Å²) in [5, 5.41) is 8.95. The molecule has 0 atom stereocenters. The van der Waals surface area contributed by atoms with Crippen molar-refractivity contribution < 1.29 is 9.90 Å². The van der Waals surface area contributed by atoms with Gasteiger partial charge in [-0.05, 0) is 52.7 Å². The second kappa shape index (κ2) is 5.59. The first-order chi connectivity index (χ1) is 8.58. The van der Waals surface area contributed by atoms with E-state index in [1.807, 2.05) is 24.3 Å². The molecule has 0 aliphatic carbocycles. The Hall–Kier alpha value is -1.26. The molecule has 0 fully saturated rings. The first kappa shape index (κ1) is 13.2. The third-order valence-corrected chi connectivity index (χ3v) is 4.32. The molecule has 92 valence electrons. The predicted octanol–water partition coefficient (Wildman–Crippen LogP) is 4.61. The van der Waals surface area contributed by atoms with Gasteiger partial charge in [0.05, 0.1) is 5.56 Å². The molecule has 2 nitrogen and oxygen atoms in total. The van der Waals surface area contributed by atoms with E-state index in [9.17, 15) is 4.79 Å². The topological polar surface area (TPSA) is 37.3 Å². The molecule has 18 heavy (non-hydrogen) atoms. The number of aryl methyl sites for hydroxylation is 1. The fourth-order valence-corrected chi connectivity index (χ4v) is 3.17. The molecule has 0 spiro atoms. The Balaban J connectivity index is 2.29. The standard InChI is InChI=1S/C14H11BrO2S/c1-9-4-2-3-5-13(9)18-10-6-7-11(14(16)17)12(15)8-10/h2-8H,1H3,(H,16,17). The first-order valence-corrected chi connectivity index (χ1v) is 6.95. The van der Waals surface area contributed by atoms with Crippen LogP contribution in [0.1, 0.15) is 15.9 Å². The summed E-state index contributed by atoms with van der Waals surface area (Å²) in [6.45, 7) is 2.06. The third kappa shape index (κ3) is 2.94. The number of carboxylic acid groups (broad SMARTS) is 1. The van der Waals surface area contributed by atoms with Crippen molar-refractivity contribution in [2.45, 2.75) is 16.7 Å². The van der Waals surface area contributed by atoms with Crippen molar-refractivity contribution in [3.05, 3.63) is 58.1 Å². The summed E-state index contributed by atoms with van der Waals surface area (Å²) in [7, 11) is 0. The highest BCUT2D eigenvalue weighted by atomic mass is 79.9. The van der Waals surface area contributed by atoms with Crippen molar-refractivity contribution in [2.75, 3.05) is 0 Å². The molecular weight excluding hydrogens is 312 g/mol. The van der Waals surface area contributed by atoms with Crippen LogP contribution < -0.4 is 0 Å². The monoisotopic (exact) mass is 322 g/mol. The van der Waals surface area contributed by atoms with Crippen LogP contribution in [-0.4, -0.2) is 11.1 Å². The fourth-order valence-electron chi connectivity index (χ4n) is 1.53. The summed E-state index contributed by atoms with van der Waals surface area (Å²) >= 11 is 4.91. The molecule has 0 saturated heterocycles. The molecule has 0 saturated carbocycles. The van der Waals surface area contributed by atoms with Gasteiger partial charge in [0.2, 0.25) is 0 Å². The van der Waals surface area contributed by atoms with Gasteiger partial charge in [0, 0.05) is 14.3 Å². The van der Waals surface area contributed by atoms with Gasteiger partial charge in [-0.1, -0.05) is 30.0 Å². The van der Waals surface area contributed by atoms with Gasteiger partial charge < -0.3 is 5.11 Å². The Labute approximate surface area is 118 Å². The number of aromatic carboxylic acids is 1. The lowest BCUT2D eigenvalue weighted by atomic mass is 10.2. The molecule has 1 N–H and O–H groups in total. The van der Waals surface area contributed by atoms with Crippen LogP contribution in [0.4, 0.5) is 0 Å². The lowest BCUT2D eigenvalue weighted by Crippen LogP contribution is -1.97. The smallest absolute Gasteiger partial charge is 0.336 e. The quantitative estimate of drug-likeness (QED) is 0.896. The maximum atomic E-state index is 10.9. The van der Waals surface area contributed by atoms with Crippen molar-refractivity contribution in [1.29, 1.82) is 0 Å². The van der Waals surface area contributed by atoms with Crippen LogP contribution in [-0.2, 0) is 0 Å². The van der Waals surface area contributed by atoms with E-state index in [2.05, 4.69) is 35.0 Å². The molecule has 0 aliphatic rings. The van der Waals surface area contributed by atoms with Crippen molar-refractivity contribution in [3.8, 4) is 0 Å². The molecular formula is C14H11BrO2S. The molecule has 0 bridgehead atoms. The minimum atomic E-state index is -0.922. The number of hydrogen-bond donors (Lipinski definition) is 1. The van der Waals surface area contributed by atoms with Crippen LogP contribution >= 0.6 is 27.7 Å². The van der Waals surface area contributed by atoms with E-state index < -0.39 is 5.97 Å². The maximum absolute atomic E-state index is 10.9. The lowest BCUT2D eigenvalue weighted by molar-refractivity contribution is 0.0696. The predicted molar refractivity (Wildman–Crippen MR) is 76.4 cm³/mol. The Kier molecular flexibility index (Phi) is 4.09. The highest BCUT2D eigenvalue weighted by molar-refractivity contribution is 9.10. The average Bonchev–Trinajstić information content (AvgIpc) is 2.32. The Morgan fingerprint density at radius 3 is 2.56 bits per heavy atom. The highest BCUT2D eigenvalue weighted by Crippen LogP contribution is 2.32. The molecule has 0 aliphatic heterocycles. The molecule has 0 amide bonds. The fraction of sp³-hybridized carbons (Fsp3) is 0.0714. The van der Waals surface area contributed by atoms with Crippen molar-refractivity contribution in [2.24, 2.45) is 0 Å². The van der Waals surface area contributed by atoms with Gasteiger partial charge in [-0.15, -0.1) is 0 Å². The van der Waals surface area contributed by atoms with Gasteiger partial charge >= 0.3 is 5.97 Å². The van der Waals surface area contributed by atoms with Gasteiger partial charge in [0.25, 0.3) is 0 Å². The second-order valence-electron chi connectivity index (χ2n) is 3.81. The Morgan fingerprint density at radius 1 is 1.22 bits per heavy atom. The normalized spacial score (nSPS) is 10.3. The van der Waals surface area contributed by atoms with Crippen LogP contribution in [0, 0.1) is 6.92 Å². The summed E-state index contributed by atoms with van der Waals surface area (Å²) in [6.07, 6.45) is 0. The zero-order chi connectivity index (χ0) is 13.1. The largest absolute Gasteiger partial charge is 0.478 e. The maximum Gasteiger partial charge on any atom is 0.336 e. The zero-order valence-electron chi connectivity index (χ0n) is 9.68. The molecule has 0 radical (unpaired) electrons. The van der Waals surface area contributed by atoms with E-state index in [-0.39, 0.29) is 5.56 Å². The molecule has 2 aromatic carbocycles. The van der Waals surface area contributed by atoms with E-state index in [0.29, 0.717) is 4.47 Å². The summed E-state index contributed by atoms with van der Waals surface area (Å²) in [5.41, 5.74) is 1.49. The Bertz CT molecular complexity index is 596. The van der Waals surface area contributed by atoms with Crippen molar-refractivity contribution >= 4 is 33.7 Å². The van der Waals surface area contributed by atoms with Crippen molar-refractivity contribution in [1.82, 2.24) is 0 Å². The van der Waals surface area contributed by atoms with E-state index >= 15 is 0 Å². The van der Waals surface area contributed by atoms with E-state index in [0.717, 1.165) is 4.90 Å². The minimum absolute atomic E-state index is 0.282. The molecule has 0 aromatic heterocycles. The first-order valence-electron chi connectivity index (χ1n) is 5.34. The number of benzene rings is 2. The molecule has 2 rings (SSSR count). The summed E-state index contributed by atoms with van der Waals surface area (Å²) in [6, 6.07) is 13.4. The zero-order valence-corrected chi connectivity index (χ0v) is 12.1. The van der Waals surface area contributed by atoms with Crippen molar-refractivity contribution in [3.63, 3.8) is 0 Å². The van der Waals surface area contributed by atoms with Crippen LogP contribution in [0.15, 0.2) is 56.7 Å². The summed E-state index contributed by atoms with van der Waals surface area (Å²) in [4.78, 5) is 13.1.